The van der Waals surface area contributed by atoms with Crippen LogP contribution in [0.5, 0.6) is 0 Å². The largest absolute Gasteiger partial charge is 0.394 e. The Hall–Kier alpha value is -0.260. The van der Waals surface area contributed by atoms with E-state index >= 15 is 0 Å². The number of hydrogen-bond acceptors (Lipinski definition) is 4. The highest BCUT2D eigenvalue weighted by molar-refractivity contribution is 7.70. The lowest BCUT2D eigenvalue weighted by Crippen LogP contribution is -2.23. The van der Waals surface area contributed by atoms with E-state index in [0.29, 0.717) is 0 Å². The van der Waals surface area contributed by atoms with Gasteiger partial charge in [-0.2, -0.15) is 0 Å². The highest BCUT2D eigenvalue weighted by atomic mass is 31.2. The van der Waals surface area contributed by atoms with Crippen LogP contribution < -0.4 is 0 Å². The predicted molar refractivity (Wildman–Crippen MR) is 30.1 cm³/mol. The molecule has 0 aliphatic rings. The molecule has 0 aromatic rings. The Bertz CT molecular complexity index is 170. The van der Waals surface area contributed by atoms with Gasteiger partial charge in [0.25, 0.3) is 5.52 Å². The van der Waals surface area contributed by atoms with Crippen molar-refractivity contribution in [3.05, 3.63) is 0 Å². The van der Waals surface area contributed by atoms with E-state index in [0.717, 1.165) is 0 Å². The zero-order valence-electron chi connectivity index (χ0n) is 4.84. The summed E-state index contributed by atoms with van der Waals surface area (Å²) in [4.78, 5) is 26.4. The van der Waals surface area contributed by atoms with E-state index < -0.39 is 25.8 Å². The summed E-state index contributed by atoms with van der Waals surface area (Å²) in [5.74, 6) is 0. The van der Waals surface area contributed by atoms with Gasteiger partial charge in [0, 0.05) is 0 Å². The minimum atomic E-state index is -4.88. The average molecular weight is 170 g/mol. The van der Waals surface area contributed by atoms with Crippen molar-refractivity contribution >= 4 is 13.1 Å². The molecule has 0 saturated carbocycles. The van der Waals surface area contributed by atoms with Crippen LogP contribution in [0, 0.1) is 0 Å². The molecule has 0 heterocycles. The van der Waals surface area contributed by atoms with E-state index in [1.54, 1.807) is 0 Å². The first kappa shape index (κ1) is 9.74. The van der Waals surface area contributed by atoms with Crippen LogP contribution in [0.2, 0.25) is 0 Å². The second-order valence-electron chi connectivity index (χ2n) is 1.58. The van der Waals surface area contributed by atoms with Gasteiger partial charge in [0.05, 0.1) is 6.61 Å². The second-order valence-corrected chi connectivity index (χ2v) is 3.11. The van der Waals surface area contributed by atoms with Gasteiger partial charge in [0.2, 0.25) is 0 Å². The topological polar surface area (TPSA) is 115 Å². The second kappa shape index (κ2) is 3.23. The summed E-state index contributed by atoms with van der Waals surface area (Å²) in [5, 5.41) is 16.4. The first-order chi connectivity index (χ1) is 4.39. The Morgan fingerprint density at radius 2 is 1.90 bits per heavy atom. The molecule has 0 fully saturated rings. The summed E-state index contributed by atoms with van der Waals surface area (Å²) in [6.45, 7) is -0.982. The monoisotopic (exact) mass is 170 g/mol. The molecule has 1 unspecified atom stereocenters. The van der Waals surface area contributed by atoms with E-state index in [1.807, 2.05) is 0 Å². The highest BCUT2D eigenvalue weighted by Crippen LogP contribution is 2.36. The maximum absolute atomic E-state index is 10.2. The Kier molecular flexibility index (Phi) is 3.14. The number of rotatable bonds is 3. The third kappa shape index (κ3) is 2.55. The van der Waals surface area contributed by atoms with Crippen molar-refractivity contribution in [1.29, 1.82) is 0 Å². The third-order valence-electron chi connectivity index (χ3n) is 0.745. The molecule has 0 radical (unpaired) electrons. The molecular formula is C3H7O6P. The molecule has 0 aromatic carbocycles. The number of aliphatic hydroxyl groups is 2. The van der Waals surface area contributed by atoms with Crippen molar-refractivity contribution in [2.24, 2.45) is 0 Å². The fourth-order valence-electron chi connectivity index (χ4n) is 0.272. The van der Waals surface area contributed by atoms with Gasteiger partial charge < -0.3 is 20.0 Å². The zero-order valence-corrected chi connectivity index (χ0v) is 5.73. The summed E-state index contributed by atoms with van der Waals surface area (Å²) in [7, 11) is -4.88. The number of carbonyl (C=O) groups is 1. The van der Waals surface area contributed by atoms with Gasteiger partial charge in [0.15, 0.2) is 0 Å². The fraction of sp³-hybridized carbons (Fsp3) is 0.667. The van der Waals surface area contributed by atoms with Crippen molar-refractivity contribution in [2.45, 2.75) is 6.10 Å². The van der Waals surface area contributed by atoms with E-state index in [1.165, 1.54) is 0 Å². The molecule has 0 saturated heterocycles. The number of aliphatic hydroxyl groups excluding tert-OH is 2. The standard InChI is InChI=1S/C3H7O6P/c4-1-2(5)3(6)10(7,8)9/h2,4-5H,1H2,(H2,7,8,9). The van der Waals surface area contributed by atoms with E-state index in [2.05, 4.69) is 0 Å². The van der Waals surface area contributed by atoms with Gasteiger partial charge in [0.1, 0.15) is 6.10 Å². The lowest BCUT2D eigenvalue weighted by atomic mass is 10.4. The molecule has 60 valence electrons. The minimum Gasteiger partial charge on any atom is -0.393 e. The Morgan fingerprint density at radius 3 is 2.00 bits per heavy atom. The summed E-state index contributed by atoms with van der Waals surface area (Å²) < 4.78 is 10.0. The number of hydrogen-bond donors (Lipinski definition) is 4. The van der Waals surface area contributed by atoms with Crippen LogP contribution in [-0.2, 0) is 9.36 Å². The predicted octanol–water partition coefficient (Wildman–Crippen LogP) is -1.96. The molecular weight excluding hydrogens is 163 g/mol. The quantitative estimate of drug-likeness (QED) is 0.365. The third-order valence-corrected chi connectivity index (χ3v) is 1.62. The van der Waals surface area contributed by atoms with Crippen LogP contribution in [0.3, 0.4) is 0 Å². The van der Waals surface area contributed by atoms with Gasteiger partial charge in [-0.05, 0) is 0 Å². The summed E-state index contributed by atoms with van der Waals surface area (Å²) in [6.07, 6.45) is -1.99. The first-order valence-corrected chi connectivity index (χ1v) is 3.89. The summed E-state index contributed by atoms with van der Waals surface area (Å²) in [5.41, 5.74) is -1.66. The first-order valence-electron chi connectivity index (χ1n) is 2.28. The molecule has 1 atom stereocenters. The molecule has 0 bridgehead atoms. The minimum absolute atomic E-state index is 0.982. The molecule has 10 heavy (non-hydrogen) atoms. The van der Waals surface area contributed by atoms with Crippen LogP contribution in [0.4, 0.5) is 0 Å². The van der Waals surface area contributed by atoms with Gasteiger partial charge in [-0.3, -0.25) is 9.36 Å². The molecule has 0 spiro atoms. The zero-order chi connectivity index (χ0) is 8.36. The van der Waals surface area contributed by atoms with Crippen LogP contribution in [0.1, 0.15) is 0 Å². The smallest absolute Gasteiger partial charge is 0.393 e. The molecule has 0 rings (SSSR count). The van der Waals surface area contributed by atoms with Crippen molar-refractivity contribution in [1.82, 2.24) is 0 Å². The lowest BCUT2D eigenvalue weighted by Gasteiger charge is -2.05. The normalized spacial score (nSPS) is 14.8. The van der Waals surface area contributed by atoms with Gasteiger partial charge in [-0.25, -0.2) is 0 Å². The van der Waals surface area contributed by atoms with Crippen molar-refractivity contribution < 1.29 is 29.4 Å². The van der Waals surface area contributed by atoms with Crippen LogP contribution >= 0.6 is 7.60 Å². The fourth-order valence-corrected chi connectivity index (χ4v) is 0.742. The van der Waals surface area contributed by atoms with Crippen LogP contribution in [-0.4, -0.2) is 38.2 Å². The lowest BCUT2D eigenvalue weighted by molar-refractivity contribution is -0.122. The molecule has 6 nitrogen and oxygen atoms in total. The summed E-state index contributed by atoms with van der Waals surface area (Å²) in [6, 6.07) is 0. The molecule has 7 heteroatoms. The maximum atomic E-state index is 10.2. The Morgan fingerprint density at radius 1 is 1.50 bits per heavy atom. The van der Waals surface area contributed by atoms with Gasteiger partial charge in [-0.1, -0.05) is 0 Å². The van der Waals surface area contributed by atoms with Gasteiger partial charge >= 0.3 is 7.60 Å². The Balaban J connectivity index is 4.24. The van der Waals surface area contributed by atoms with Crippen LogP contribution in [0.25, 0.3) is 0 Å². The molecule has 0 aliphatic carbocycles. The summed E-state index contributed by atoms with van der Waals surface area (Å²) >= 11 is 0. The van der Waals surface area contributed by atoms with Crippen molar-refractivity contribution in [3.8, 4) is 0 Å². The molecule has 0 aromatic heterocycles. The molecule has 0 amide bonds. The molecule has 0 aliphatic heterocycles. The van der Waals surface area contributed by atoms with Gasteiger partial charge in [-0.15, -0.1) is 0 Å². The van der Waals surface area contributed by atoms with Crippen LogP contribution in [0.15, 0.2) is 0 Å². The van der Waals surface area contributed by atoms with E-state index in [4.69, 9.17) is 20.0 Å². The van der Waals surface area contributed by atoms with E-state index in [9.17, 15) is 9.36 Å². The number of carbonyl (C=O) groups excluding carboxylic acids is 1. The molecule has 4 N–H and O–H groups in total. The van der Waals surface area contributed by atoms with E-state index in [-0.39, 0.29) is 0 Å². The van der Waals surface area contributed by atoms with Crippen molar-refractivity contribution in [2.75, 3.05) is 6.61 Å². The highest BCUT2D eigenvalue weighted by Gasteiger charge is 2.31. The Labute approximate surface area is 56.3 Å². The maximum Gasteiger partial charge on any atom is 0.394 e. The van der Waals surface area contributed by atoms with Crippen molar-refractivity contribution in [3.63, 3.8) is 0 Å². The average Bonchev–Trinajstić information content (AvgIpc) is 1.83. The SMILES string of the molecule is O=C(C(O)CO)P(=O)(O)O.